The lowest BCUT2D eigenvalue weighted by molar-refractivity contribution is -0.136. The van der Waals surface area contributed by atoms with Gasteiger partial charge in [0.15, 0.2) is 0 Å². The highest BCUT2D eigenvalue weighted by Gasteiger charge is 2.12. The van der Waals surface area contributed by atoms with Gasteiger partial charge < -0.3 is 14.5 Å². The van der Waals surface area contributed by atoms with Crippen molar-refractivity contribution >= 4 is 23.5 Å². The molecule has 0 radical (unpaired) electrons. The van der Waals surface area contributed by atoms with Crippen molar-refractivity contribution in [1.29, 1.82) is 0 Å². The van der Waals surface area contributed by atoms with E-state index in [0.29, 0.717) is 23.5 Å². The number of carbonyl (C=O) groups is 2. The minimum atomic E-state index is -0.875. The molecule has 1 N–H and O–H groups in total. The number of carboxylic acids is 1. The lowest BCUT2D eigenvalue weighted by Gasteiger charge is -2.07. The van der Waals surface area contributed by atoms with Gasteiger partial charge in [0.05, 0.1) is 17.8 Å². The molecular formula is C32H30N2O4. The van der Waals surface area contributed by atoms with Crippen LogP contribution in [0.2, 0.25) is 0 Å². The molecule has 0 spiro atoms. The lowest BCUT2D eigenvalue weighted by atomic mass is 10.1. The van der Waals surface area contributed by atoms with Gasteiger partial charge in [-0.05, 0) is 41.8 Å². The van der Waals surface area contributed by atoms with Crippen molar-refractivity contribution in [1.82, 2.24) is 4.57 Å². The van der Waals surface area contributed by atoms with Crippen molar-refractivity contribution < 1.29 is 19.5 Å². The lowest BCUT2D eigenvalue weighted by Crippen LogP contribution is -2.09. The number of carbonyl (C=O) groups excluding carboxylic acids is 1. The number of hydrogen-bond donors (Lipinski definition) is 1. The maximum atomic E-state index is 12.9. The Morgan fingerprint density at radius 3 is 2.45 bits per heavy atom. The first-order chi connectivity index (χ1) is 18.5. The molecule has 0 amide bonds. The second kappa shape index (κ2) is 13.0. The molecule has 38 heavy (non-hydrogen) atoms. The number of aryl methyl sites for hydroxylation is 1. The summed E-state index contributed by atoms with van der Waals surface area (Å²) >= 11 is 0. The molecule has 0 saturated carbocycles. The van der Waals surface area contributed by atoms with Crippen LogP contribution in [-0.4, -0.2) is 27.1 Å². The molecule has 0 aliphatic carbocycles. The standard InChI is InChI=1S/C32H30N2O4/c1-24-14-16-28(17-15-24)32(37)30-13-7-21-34(30)20-6-10-25-8-5-9-26(22-25)23-38-33-29(18-19-31(35)36)27-11-3-2-4-12-27/h2-17,21-22H,18-20,23H2,1H3,(H,35,36)/b10-6+,33-29+. The second-order valence-corrected chi connectivity index (χ2v) is 8.96. The number of aromatic nitrogens is 1. The maximum absolute atomic E-state index is 12.9. The molecule has 3 aromatic carbocycles. The van der Waals surface area contributed by atoms with Crippen LogP contribution in [0.25, 0.3) is 6.08 Å². The fourth-order valence-electron chi connectivity index (χ4n) is 4.00. The van der Waals surface area contributed by atoms with Gasteiger partial charge in [-0.25, -0.2) is 0 Å². The fraction of sp³-hybridized carbons (Fsp3) is 0.156. The maximum Gasteiger partial charge on any atom is 0.303 e. The Morgan fingerprint density at radius 2 is 1.68 bits per heavy atom. The minimum absolute atomic E-state index is 0.00123. The SMILES string of the molecule is Cc1ccc(C(=O)c2cccn2C/C=C/c2cccc(CO/N=C(\CCC(=O)O)c3ccccc3)c2)cc1. The Hall–Kier alpha value is -4.71. The highest BCUT2D eigenvalue weighted by atomic mass is 16.6. The van der Waals surface area contributed by atoms with E-state index >= 15 is 0 Å². The molecule has 192 valence electrons. The fourth-order valence-corrected chi connectivity index (χ4v) is 4.00. The van der Waals surface area contributed by atoms with Crippen molar-refractivity contribution in [2.75, 3.05) is 0 Å². The van der Waals surface area contributed by atoms with Gasteiger partial charge in [-0.15, -0.1) is 0 Å². The Balaban J connectivity index is 1.38. The summed E-state index contributed by atoms with van der Waals surface area (Å²) in [5, 5.41) is 13.3. The Labute approximate surface area is 222 Å². The van der Waals surface area contributed by atoms with Gasteiger partial charge in [-0.1, -0.05) is 95.7 Å². The molecule has 1 aromatic heterocycles. The number of nitrogens with zero attached hydrogens (tertiary/aromatic N) is 2. The number of ketones is 1. The number of carboxylic acid groups (broad SMARTS) is 1. The summed E-state index contributed by atoms with van der Waals surface area (Å²) in [5.74, 6) is -0.874. The third-order valence-corrected chi connectivity index (χ3v) is 6.03. The third-order valence-electron chi connectivity index (χ3n) is 6.03. The van der Waals surface area contributed by atoms with Crippen LogP contribution in [0.15, 0.2) is 108 Å². The van der Waals surface area contributed by atoms with E-state index in [2.05, 4.69) is 5.16 Å². The highest BCUT2D eigenvalue weighted by Crippen LogP contribution is 2.14. The normalized spacial score (nSPS) is 11.6. The minimum Gasteiger partial charge on any atom is -0.481 e. The smallest absolute Gasteiger partial charge is 0.303 e. The summed E-state index contributed by atoms with van der Waals surface area (Å²) in [6.07, 6.45) is 6.20. The largest absolute Gasteiger partial charge is 0.481 e. The molecule has 0 fully saturated rings. The van der Waals surface area contributed by atoms with Crippen molar-refractivity contribution in [2.24, 2.45) is 5.16 Å². The summed E-state index contributed by atoms with van der Waals surface area (Å²) in [6, 6.07) is 28.7. The van der Waals surface area contributed by atoms with Gasteiger partial charge in [-0.2, -0.15) is 0 Å². The van der Waals surface area contributed by atoms with E-state index in [1.165, 1.54) is 0 Å². The van der Waals surface area contributed by atoms with Crippen molar-refractivity contribution in [3.8, 4) is 0 Å². The van der Waals surface area contributed by atoms with E-state index in [0.717, 1.165) is 22.3 Å². The zero-order valence-electron chi connectivity index (χ0n) is 21.3. The molecule has 0 bridgehead atoms. The van der Waals surface area contributed by atoms with Gasteiger partial charge in [0.1, 0.15) is 6.61 Å². The van der Waals surface area contributed by atoms with Crippen LogP contribution in [0.3, 0.4) is 0 Å². The van der Waals surface area contributed by atoms with Crippen LogP contribution in [-0.2, 0) is 22.8 Å². The van der Waals surface area contributed by atoms with Gasteiger partial charge >= 0.3 is 5.97 Å². The van der Waals surface area contributed by atoms with Gasteiger partial charge in [0.2, 0.25) is 5.78 Å². The van der Waals surface area contributed by atoms with Gasteiger partial charge in [0.25, 0.3) is 0 Å². The topological polar surface area (TPSA) is 80.9 Å². The quantitative estimate of drug-likeness (QED) is 0.135. The number of hydrogen-bond acceptors (Lipinski definition) is 4. The van der Waals surface area contributed by atoms with E-state index in [9.17, 15) is 9.59 Å². The van der Waals surface area contributed by atoms with Gasteiger partial charge in [-0.3, -0.25) is 9.59 Å². The van der Waals surface area contributed by atoms with Crippen LogP contribution < -0.4 is 0 Å². The molecule has 0 unspecified atom stereocenters. The summed E-state index contributed by atoms with van der Waals surface area (Å²) in [5.41, 5.74) is 5.83. The highest BCUT2D eigenvalue weighted by molar-refractivity contribution is 6.08. The van der Waals surface area contributed by atoms with Crippen molar-refractivity contribution in [3.05, 3.63) is 137 Å². The molecule has 6 nitrogen and oxygen atoms in total. The number of oxime groups is 1. The van der Waals surface area contributed by atoms with E-state index in [-0.39, 0.29) is 25.2 Å². The van der Waals surface area contributed by atoms with E-state index in [4.69, 9.17) is 9.94 Å². The zero-order chi connectivity index (χ0) is 26.7. The summed E-state index contributed by atoms with van der Waals surface area (Å²) in [7, 11) is 0. The molecule has 6 heteroatoms. The molecular weight excluding hydrogens is 476 g/mol. The van der Waals surface area contributed by atoms with E-state index in [1.807, 2.05) is 121 Å². The number of benzene rings is 3. The van der Waals surface area contributed by atoms with E-state index < -0.39 is 5.97 Å². The summed E-state index contributed by atoms with van der Waals surface area (Å²) < 4.78 is 1.93. The first-order valence-corrected chi connectivity index (χ1v) is 12.5. The van der Waals surface area contributed by atoms with Crippen LogP contribution in [0.5, 0.6) is 0 Å². The van der Waals surface area contributed by atoms with Crippen LogP contribution in [0.1, 0.15) is 51.1 Å². The van der Waals surface area contributed by atoms with Crippen molar-refractivity contribution in [3.63, 3.8) is 0 Å². The number of rotatable bonds is 12. The molecule has 0 saturated heterocycles. The predicted octanol–water partition coefficient (Wildman–Crippen LogP) is 6.53. The van der Waals surface area contributed by atoms with Crippen molar-refractivity contribution in [2.45, 2.75) is 32.9 Å². The first kappa shape index (κ1) is 26.4. The number of allylic oxidation sites excluding steroid dienone is 1. The zero-order valence-corrected chi connectivity index (χ0v) is 21.3. The van der Waals surface area contributed by atoms with Crippen LogP contribution >= 0.6 is 0 Å². The summed E-state index contributed by atoms with van der Waals surface area (Å²) in [4.78, 5) is 29.6. The Kier molecular flexibility index (Phi) is 9.03. The predicted molar refractivity (Wildman–Crippen MR) is 149 cm³/mol. The Morgan fingerprint density at radius 1 is 0.895 bits per heavy atom. The van der Waals surface area contributed by atoms with Gasteiger partial charge in [0, 0.05) is 24.7 Å². The Bertz CT molecular complexity index is 1430. The average Bonchev–Trinajstić information content (AvgIpc) is 3.40. The average molecular weight is 507 g/mol. The van der Waals surface area contributed by atoms with E-state index in [1.54, 1.807) is 0 Å². The first-order valence-electron chi connectivity index (χ1n) is 12.5. The molecule has 4 aromatic rings. The molecule has 1 heterocycles. The third kappa shape index (κ3) is 7.40. The molecule has 0 aliphatic heterocycles. The monoisotopic (exact) mass is 506 g/mol. The molecule has 0 aliphatic rings. The summed E-state index contributed by atoms with van der Waals surface area (Å²) in [6.45, 7) is 2.83. The van der Waals surface area contributed by atoms with Crippen LogP contribution in [0.4, 0.5) is 0 Å². The molecule has 0 atom stereocenters. The number of aliphatic carboxylic acids is 1. The molecule has 4 rings (SSSR count). The second-order valence-electron chi connectivity index (χ2n) is 8.96. The van der Waals surface area contributed by atoms with Crippen LogP contribution in [0, 0.1) is 6.92 Å².